The van der Waals surface area contributed by atoms with Gasteiger partial charge in [0.1, 0.15) is 0 Å². The molecule has 4 nitrogen and oxygen atoms in total. The predicted molar refractivity (Wildman–Crippen MR) is 94.7 cm³/mol. The lowest BCUT2D eigenvalue weighted by atomic mass is 9.95. The van der Waals surface area contributed by atoms with E-state index in [1.165, 1.54) is 24.8 Å². The van der Waals surface area contributed by atoms with Gasteiger partial charge in [0.2, 0.25) is 5.91 Å². The van der Waals surface area contributed by atoms with Crippen LogP contribution in [0.3, 0.4) is 0 Å². The second-order valence-corrected chi connectivity index (χ2v) is 7.00. The Labute approximate surface area is 141 Å². The van der Waals surface area contributed by atoms with E-state index in [9.17, 15) is 4.79 Å². The minimum atomic E-state index is 0.176. The van der Waals surface area contributed by atoms with Gasteiger partial charge < -0.3 is 5.32 Å². The standard InChI is InChI=1S/C18H23N3OS/c22-18(20-16-5-2-1-3-6-16)14-23-13-15-7-9-17(10-8-15)21-12-4-11-19-21/h4,7-12,16H,1-3,5-6,13-14H2,(H,20,22). The minimum Gasteiger partial charge on any atom is -0.353 e. The van der Waals surface area contributed by atoms with Crippen molar-refractivity contribution in [2.24, 2.45) is 0 Å². The van der Waals surface area contributed by atoms with E-state index in [0.29, 0.717) is 11.8 Å². The third-order valence-electron chi connectivity index (χ3n) is 4.18. The fourth-order valence-corrected chi connectivity index (χ4v) is 3.74. The van der Waals surface area contributed by atoms with Crippen molar-refractivity contribution in [2.75, 3.05) is 5.75 Å². The molecular formula is C18H23N3OS. The third-order valence-corrected chi connectivity index (χ3v) is 5.18. The molecule has 1 amide bonds. The summed E-state index contributed by atoms with van der Waals surface area (Å²) in [5.41, 5.74) is 2.29. The van der Waals surface area contributed by atoms with E-state index in [4.69, 9.17) is 0 Å². The highest BCUT2D eigenvalue weighted by atomic mass is 32.2. The van der Waals surface area contributed by atoms with Gasteiger partial charge in [-0.2, -0.15) is 5.10 Å². The van der Waals surface area contributed by atoms with Crippen molar-refractivity contribution in [3.05, 3.63) is 48.3 Å². The molecule has 1 aliphatic rings. The van der Waals surface area contributed by atoms with Gasteiger partial charge in [0.15, 0.2) is 0 Å². The number of nitrogens with one attached hydrogen (secondary N) is 1. The molecule has 2 aromatic rings. The summed E-state index contributed by atoms with van der Waals surface area (Å²) in [7, 11) is 0. The van der Waals surface area contributed by atoms with E-state index >= 15 is 0 Å². The molecule has 1 heterocycles. The molecule has 5 heteroatoms. The molecule has 0 unspecified atom stereocenters. The number of nitrogens with zero attached hydrogens (tertiary/aromatic N) is 2. The van der Waals surface area contributed by atoms with Gasteiger partial charge in [0.25, 0.3) is 0 Å². The monoisotopic (exact) mass is 329 g/mol. The molecule has 122 valence electrons. The fraction of sp³-hybridized carbons (Fsp3) is 0.444. The van der Waals surface area contributed by atoms with Crippen LogP contribution in [0, 0.1) is 0 Å². The Morgan fingerprint density at radius 2 is 2.00 bits per heavy atom. The van der Waals surface area contributed by atoms with Crippen molar-refractivity contribution in [3.63, 3.8) is 0 Å². The number of hydrogen-bond acceptors (Lipinski definition) is 3. The SMILES string of the molecule is O=C(CSCc1ccc(-n2cccn2)cc1)NC1CCCCC1. The van der Waals surface area contributed by atoms with Crippen LogP contribution < -0.4 is 5.32 Å². The number of thioether (sulfide) groups is 1. The summed E-state index contributed by atoms with van der Waals surface area (Å²) in [4.78, 5) is 12.0. The van der Waals surface area contributed by atoms with Gasteiger partial charge in [-0.3, -0.25) is 4.79 Å². The molecule has 1 fully saturated rings. The maximum absolute atomic E-state index is 12.0. The predicted octanol–water partition coefficient (Wildman–Crippen LogP) is 3.55. The summed E-state index contributed by atoms with van der Waals surface area (Å²) in [6.07, 6.45) is 9.81. The quantitative estimate of drug-likeness (QED) is 0.881. The summed E-state index contributed by atoms with van der Waals surface area (Å²) in [6.45, 7) is 0. The molecule has 1 N–H and O–H groups in total. The maximum atomic E-state index is 12.0. The third kappa shape index (κ3) is 4.86. The average Bonchev–Trinajstić information content (AvgIpc) is 3.11. The molecule has 0 atom stereocenters. The zero-order valence-corrected chi connectivity index (χ0v) is 14.1. The van der Waals surface area contributed by atoms with Gasteiger partial charge in [-0.25, -0.2) is 4.68 Å². The van der Waals surface area contributed by atoms with Crippen molar-refractivity contribution in [1.82, 2.24) is 15.1 Å². The zero-order chi connectivity index (χ0) is 15.9. The molecule has 1 aromatic heterocycles. The zero-order valence-electron chi connectivity index (χ0n) is 13.3. The van der Waals surface area contributed by atoms with Crippen molar-refractivity contribution in [3.8, 4) is 5.69 Å². The number of amides is 1. The van der Waals surface area contributed by atoms with Gasteiger partial charge in [0, 0.05) is 24.2 Å². The van der Waals surface area contributed by atoms with Crippen LogP contribution in [0.25, 0.3) is 5.69 Å². The minimum absolute atomic E-state index is 0.176. The lowest BCUT2D eigenvalue weighted by Crippen LogP contribution is -2.37. The number of rotatable bonds is 6. The van der Waals surface area contributed by atoms with Crippen molar-refractivity contribution < 1.29 is 4.79 Å². The van der Waals surface area contributed by atoms with Crippen LogP contribution in [-0.2, 0) is 10.5 Å². The fourth-order valence-electron chi connectivity index (χ4n) is 2.94. The highest BCUT2D eigenvalue weighted by Gasteiger charge is 2.15. The highest BCUT2D eigenvalue weighted by molar-refractivity contribution is 7.99. The molecule has 0 spiro atoms. The lowest BCUT2D eigenvalue weighted by molar-refractivity contribution is -0.119. The molecule has 0 saturated heterocycles. The van der Waals surface area contributed by atoms with Crippen LogP contribution in [0.5, 0.6) is 0 Å². The second kappa shape index (κ2) is 8.20. The molecule has 1 aliphatic carbocycles. The summed E-state index contributed by atoms with van der Waals surface area (Å²) in [5.74, 6) is 1.57. The number of hydrogen-bond donors (Lipinski definition) is 1. The molecule has 1 saturated carbocycles. The van der Waals surface area contributed by atoms with E-state index in [1.807, 2.05) is 16.9 Å². The van der Waals surface area contributed by atoms with Crippen LogP contribution in [0.2, 0.25) is 0 Å². The Hall–Kier alpha value is -1.75. The molecule has 0 radical (unpaired) electrons. The van der Waals surface area contributed by atoms with Crippen LogP contribution >= 0.6 is 11.8 Å². The van der Waals surface area contributed by atoms with Crippen molar-refractivity contribution >= 4 is 17.7 Å². The van der Waals surface area contributed by atoms with E-state index < -0.39 is 0 Å². The van der Waals surface area contributed by atoms with Crippen molar-refractivity contribution in [2.45, 2.75) is 43.9 Å². The van der Waals surface area contributed by atoms with E-state index in [-0.39, 0.29) is 5.91 Å². The number of aromatic nitrogens is 2. The first kappa shape index (κ1) is 16.1. The van der Waals surface area contributed by atoms with Gasteiger partial charge in [-0.15, -0.1) is 11.8 Å². The topological polar surface area (TPSA) is 46.9 Å². The van der Waals surface area contributed by atoms with Gasteiger partial charge >= 0.3 is 0 Å². The van der Waals surface area contributed by atoms with Gasteiger partial charge in [-0.05, 0) is 36.6 Å². The smallest absolute Gasteiger partial charge is 0.230 e. The first-order chi connectivity index (χ1) is 11.3. The highest BCUT2D eigenvalue weighted by Crippen LogP contribution is 2.18. The average molecular weight is 329 g/mol. The first-order valence-corrected chi connectivity index (χ1v) is 9.43. The van der Waals surface area contributed by atoms with Gasteiger partial charge in [-0.1, -0.05) is 31.4 Å². The molecule has 1 aromatic carbocycles. The number of benzene rings is 1. The van der Waals surface area contributed by atoms with Crippen LogP contribution in [0.15, 0.2) is 42.7 Å². The Balaban J connectivity index is 1.40. The van der Waals surface area contributed by atoms with E-state index in [1.54, 1.807) is 18.0 Å². The molecule has 3 rings (SSSR count). The van der Waals surface area contributed by atoms with Gasteiger partial charge in [0.05, 0.1) is 11.4 Å². The number of carbonyl (C=O) groups is 1. The largest absolute Gasteiger partial charge is 0.353 e. The molecule has 0 bridgehead atoms. The summed E-state index contributed by atoms with van der Waals surface area (Å²) >= 11 is 1.67. The van der Waals surface area contributed by atoms with Crippen LogP contribution in [-0.4, -0.2) is 27.5 Å². The summed E-state index contributed by atoms with van der Waals surface area (Å²) in [5, 5.41) is 7.38. The Bertz CT molecular complexity index is 604. The lowest BCUT2D eigenvalue weighted by Gasteiger charge is -2.22. The van der Waals surface area contributed by atoms with E-state index in [2.05, 4.69) is 34.7 Å². The summed E-state index contributed by atoms with van der Waals surface area (Å²) < 4.78 is 1.84. The summed E-state index contributed by atoms with van der Waals surface area (Å²) in [6, 6.07) is 10.6. The maximum Gasteiger partial charge on any atom is 0.230 e. The molecule has 0 aliphatic heterocycles. The van der Waals surface area contributed by atoms with Crippen LogP contribution in [0.1, 0.15) is 37.7 Å². The van der Waals surface area contributed by atoms with E-state index in [0.717, 1.165) is 24.3 Å². The van der Waals surface area contributed by atoms with Crippen LogP contribution in [0.4, 0.5) is 0 Å². The normalized spacial score (nSPS) is 15.5. The molecule has 23 heavy (non-hydrogen) atoms. The Morgan fingerprint density at radius 1 is 1.22 bits per heavy atom. The Kier molecular flexibility index (Phi) is 5.75. The second-order valence-electron chi connectivity index (χ2n) is 6.01. The molecular weight excluding hydrogens is 306 g/mol. The number of carbonyl (C=O) groups excluding carboxylic acids is 1. The first-order valence-electron chi connectivity index (χ1n) is 8.27. The van der Waals surface area contributed by atoms with Crippen molar-refractivity contribution in [1.29, 1.82) is 0 Å². The Morgan fingerprint density at radius 3 is 2.70 bits per heavy atom.